The maximum atomic E-state index is 13.7. The molecule has 0 unspecified atom stereocenters. The molecule has 1 aromatic carbocycles. The minimum atomic E-state index is -1.03. The first-order chi connectivity index (χ1) is 10.1. The first-order valence-corrected chi connectivity index (χ1v) is 6.67. The molecule has 2 aromatic rings. The van der Waals surface area contributed by atoms with Crippen LogP contribution in [0.2, 0.25) is 0 Å². The number of rotatable bonds is 3. The van der Waals surface area contributed by atoms with Crippen LogP contribution in [0.25, 0.3) is 0 Å². The van der Waals surface area contributed by atoms with Gasteiger partial charge in [-0.3, -0.25) is 4.90 Å². The van der Waals surface area contributed by atoms with E-state index < -0.39 is 5.97 Å². The first-order valence-electron chi connectivity index (χ1n) is 6.67. The summed E-state index contributed by atoms with van der Waals surface area (Å²) in [6.45, 7) is 1.65. The summed E-state index contributed by atoms with van der Waals surface area (Å²) >= 11 is 0. The van der Waals surface area contributed by atoms with Crippen LogP contribution in [0.4, 0.5) is 4.39 Å². The standard InChI is InChI=1S/C15H14FN3O2/c16-12-4-2-1-3-10(12)7-19-6-5-11-13(8-19)17-9-18-14(11)15(20)21/h1-4,9H,5-8H2,(H,20,21). The highest BCUT2D eigenvalue weighted by Crippen LogP contribution is 2.21. The van der Waals surface area contributed by atoms with Crippen LogP contribution in [0.1, 0.15) is 27.3 Å². The monoisotopic (exact) mass is 287 g/mol. The van der Waals surface area contributed by atoms with Gasteiger partial charge in [0, 0.05) is 30.8 Å². The van der Waals surface area contributed by atoms with Crippen molar-refractivity contribution in [3.05, 3.63) is 58.9 Å². The zero-order valence-electron chi connectivity index (χ0n) is 11.3. The Balaban J connectivity index is 1.81. The van der Waals surface area contributed by atoms with E-state index >= 15 is 0 Å². The second kappa shape index (κ2) is 5.57. The molecule has 0 amide bonds. The van der Waals surface area contributed by atoms with Crippen molar-refractivity contribution in [2.24, 2.45) is 0 Å². The van der Waals surface area contributed by atoms with Crippen LogP contribution in [-0.4, -0.2) is 32.5 Å². The van der Waals surface area contributed by atoms with E-state index in [4.69, 9.17) is 5.11 Å². The summed E-state index contributed by atoms with van der Waals surface area (Å²) in [5, 5.41) is 9.12. The molecule has 6 heteroatoms. The largest absolute Gasteiger partial charge is 0.477 e. The molecule has 0 fully saturated rings. The minimum Gasteiger partial charge on any atom is -0.477 e. The molecule has 0 bridgehead atoms. The van der Waals surface area contributed by atoms with E-state index in [1.54, 1.807) is 18.2 Å². The Hall–Kier alpha value is -2.34. The number of fused-ring (bicyclic) bond motifs is 1. The van der Waals surface area contributed by atoms with Crippen molar-refractivity contribution >= 4 is 5.97 Å². The van der Waals surface area contributed by atoms with Gasteiger partial charge in [0.1, 0.15) is 12.1 Å². The lowest BCUT2D eigenvalue weighted by Crippen LogP contribution is -2.32. The molecule has 3 rings (SSSR count). The third-order valence-electron chi connectivity index (χ3n) is 3.64. The molecule has 1 aromatic heterocycles. The van der Waals surface area contributed by atoms with Gasteiger partial charge in [0.2, 0.25) is 0 Å². The van der Waals surface area contributed by atoms with Gasteiger partial charge in [-0.2, -0.15) is 0 Å². The fraction of sp³-hybridized carbons (Fsp3) is 0.267. The van der Waals surface area contributed by atoms with E-state index in [0.717, 1.165) is 0 Å². The van der Waals surface area contributed by atoms with E-state index in [0.29, 0.717) is 42.9 Å². The highest BCUT2D eigenvalue weighted by atomic mass is 19.1. The van der Waals surface area contributed by atoms with Gasteiger partial charge in [0.15, 0.2) is 5.69 Å². The van der Waals surface area contributed by atoms with Gasteiger partial charge >= 0.3 is 5.97 Å². The molecule has 1 N–H and O–H groups in total. The number of aromatic carboxylic acids is 1. The highest BCUT2D eigenvalue weighted by Gasteiger charge is 2.23. The molecule has 0 aliphatic carbocycles. The molecule has 5 nitrogen and oxygen atoms in total. The van der Waals surface area contributed by atoms with Crippen LogP contribution in [-0.2, 0) is 19.5 Å². The molecule has 1 aliphatic rings. The van der Waals surface area contributed by atoms with Gasteiger partial charge < -0.3 is 5.11 Å². The highest BCUT2D eigenvalue weighted by molar-refractivity contribution is 5.87. The van der Waals surface area contributed by atoms with Crippen molar-refractivity contribution in [3.63, 3.8) is 0 Å². The Kier molecular flexibility index (Phi) is 3.62. The number of carbonyl (C=O) groups is 1. The summed E-state index contributed by atoms with van der Waals surface area (Å²) in [5.74, 6) is -1.26. The number of hydrogen-bond donors (Lipinski definition) is 1. The number of nitrogens with zero attached hydrogens (tertiary/aromatic N) is 3. The summed E-state index contributed by atoms with van der Waals surface area (Å²) in [5.41, 5.74) is 2.11. The van der Waals surface area contributed by atoms with E-state index in [-0.39, 0.29) is 11.5 Å². The van der Waals surface area contributed by atoms with Crippen LogP contribution in [0.3, 0.4) is 0 Å². The molecule has 21 heavy (non-hydrogen) atoms. The third kappa shape index (κ3) is 2.75. The Morgan fingerprint density at radius 2 is 2.14 bits per heavy atom. The van der Waals surface area contributed by atoms with Crippen molar-refractivity contribution in [2.75, 3.05) is 6.54 Å². The molecule has 108 valence electrons. The predicted molar refractivity (Wildman–Crippen MR) is 73.2 cm³/mol. The Morgan fingerprint density at radius 3 is 2.90 bits per heavy atom. The van der Waals surface area contributed by atoms with Crippen LogP contribution in [0.5, 0.6) is 0 Å². The Bertz CT molecular complexity index is 690. The van der Waals surface area contributed by atoms with Gasteiger partial charge in [-0.1, -0.05) is 18.2 Å². The van der Waals surface area contributed by atoms with E-state index in [1.807, 2.05) is 0 Å². The lowest BCUT2D eigenvalue weighted by Gasteiger charge is -2.28. The number of halogens is 1. The van der Waals surface area contributed by atoms with E-state index in [1.165, 1.54) is 12.4 Å². The second-order valence-electron chi connectivity index (χ2n) is 5.00. The van der Waals surface area contributed by atoms with Crippen molar-refractivity contribution in [1.82, 2.24) is 14.9 Å². The molecule has 0 saturated carbocycles. The fourth-order valence-electron chi connectivity index (χ4n) is 2.60. The first kappa shape index (κ1) is 13.6. The van der Waals surface area contributed by atoms with Crippen molar-refractivity contribution in [1.29, 1.82) is 0 Å². The molecule has 0 radical (unpaired) electrons. The van der Waals surface area contributed by atoms with Gasteiger partial charge in [0.25, 0.3) is 0 Å². The van der Waals surface area contributed by atoms with Crippen LogP contribution in [0.15, 0.2) is 30.6 Å². The summed E-state index contributed by atoms with van der Waals surface area (Å²) < 4.78 is 13.7. The fourth-order valence-corrected chi connectivity index (χ4v) is 2.60. The van der Waals surface area contributed by atoms with Crippen LogP contribution in [0, 0.1) is 5.82 Å². The van der Waals surface area contributed by atoms with Crippen molar-refractivity contribution < 1.29 is 14.3 Å². The van der Waals surface area contributed by atoms with Gasteiger partial charge in [0.05, 0.1) is 5.69 Å². The lowest BCUT2D eigenvalue weighted by atomic mass is 10.0. The van der Waals surface area contributed by atoms with Crippen LogP contribution < -0.4 is 0 Å². The number of benzene rings is 1. The number of carboxylic acids is 1. The van der Waals surface area contributed by atoms with E-state index in [2.05, 4.69) is 14.9 Å². The topological polar surface area (TPSA) is 66.3 Å². The third-order valence-corrected chi connectivity index (χ3v) is 3.64. The Labute approximate surface area is 121 Å². The average molecular weight is 287 g/mol. The maximum absolute atomic E-state index is 13.7. The maximum Gasteiger partial charge on any atom is 0.354 e. The minimum absolute atomic E-state index is 0.0746. The number of hydrogen-bond acceptors (Lipinski definition) is 4. The van der Waals surface area contributed by atoms with Crippen molar-refractivity contribution in [3.8, 4) is 0 Å². The van der Waals surface area contributed by atoms with Gasteiger partial charge in [-0.15, -0.1) is 0 Å². The molecule has 0 saturated heterocycles. The Morgan fingerprint density at radius 1 is 1.33 bits per heavy atom. The predicted octanol–water partition coefficient (Wildman–Crippen LogP) is 1.87. The van der Waals surface area contributed by atoms with Crippen molar-refractivity contribution in [2.45, 2.75) is 19.5 Å². The van der Waals surface area contributed by atoms with Gasteiger partial charge in [-0.05, 0) is 12.5 Å². The summed E-state index contributed by atoms with van der Waals surface area (Å²) in [7, 11) is 0. The molecule has 1 aliphatic heterocycles. The lowest BCUT2D eigenvalue weighted by molar-refractivity contribution is 0.0687. The zero-order chi connectivity index (χ0) is 14.8. The van der Waals surface area contributed by atoms with Crippen LogP contribution >= 0.6 is 0 Å². The van der Waals surface area contributed by atoms with Gasteiger partial charge in [-0.25, -0.2) is 19.2 Å². The van der Waals surface area contributed by atoms with E-state index in [9.17, 15) is 9.18 Å². The molecule has 0 atom stereocenters. The second-order valence-corrected chi connectivity index (χ2v) is 5.00. The normalized spacial score (nSPS) is 14.7. The molecular formula is C15H14FN3O2. The molecule has 2 heterocycles. The smallest absolute Gasteiger partial charge is 0.354 e. The average Bonchev–Trinajstić information content (AvgIpc) is 2.48. The quantitative estimate of drug-likeness (QED) is 0.933. The number of carboxylic acid groups (broad SMARTS) is 1. The summed E-state index contributed by atoms with van der Waals surface area (Å²) in [6, 6.07) is 6.67. The molecular weight excluding hydrogens is 273 g/mol. The summed E-state index contributed by atoms with van der Waals surface area (Å²) in [6.07, 6.45) is 1.83. The summed E-state index contributed by atoms with van der Waals surface area (Å²) in [4.78, 5) is 21.2. The molecule has 0 spiro atoms. The SMILES string of the molecule is O=C(O)c1ncnc2c1CCN(Cc1ccccc1F)C2. The number of aromatic nitrogens is 2. The zero-order valence-corrected chi connectivity index (χ0v) is 11.3.